The molecule has 6 nitrogen and oxygen atoms in total. The van der Waals surface area contributed by atoms with Crippen LogP contribution in [0.1, 0.15) is 18.0 Å². The molecule has 146 valence electrons. The first kappa shape index (κ1) is 18.6. The number of methoxy groups -OCH3 is 1. The van der Waals surface area contributed by atoms with Crippen LogP contribution in [-0.2, 0) is 4.79 Å². The van der Waals surface area contributed by atoms with Crippen molar-refractivity contribution >= 4 is 11.6 Å². The minimum Gasteiger partial charge on any atom is -0.497 e. The third-order valence-electron chi connectivity index (χ3n) is 4.76. The van der Waals surface area contributed by atoms with Crippen LogP contribution in [0.25, 0.3) is 11.3 Å². The maximum absolute atomic E-state index is 12.8. The first-order chi connectivity index (χ1) is 14.2. The van der Waals surface area contributed by atoms with Gasteiger partial charge in [0.2, 0.25) is 5.91 Å². The molecule has 1 unspecified atom stereocenters. The van der Waals surface area contributed by atoms with Gasteiger partial charge in [0, 0.05) is 29.7 Å². The predicted octanol–water partition coefficient (Wildman–Crippen LogP) is 4.77. The van der Waals surface area contributed by atoms with E-state index in [0.29, 0.717) is 12.2 Å². The van der Waals surface area contributed by atoms with E-state index in [9.17, 15) is 4.79 Å². The van der Waals surface area contributed by atoms with Gasteiger partial charge >= 0.3 is 0 Å². The van der Waals surface area contributed by atoms with Gasteiger partial charge in [-0.1, -0.05) is 17.3 Å². The highest BCUT2D eigenvalue weighted by molar-refractivity contribution is 5.91. The van der Waals surface area contributed by atoms with E-state index in [1.807, 2.05) is 77.6 Å². The summed E-state index contributed by atoms with van der Waals surface area (Å²) in [7, 11) is 1.64. The molecule has 1 atom stereocenters. The van der Waals surface area contributed by atoms with Crippen molar-refractivity contribution < 1.29 is 14.1 Å². The maximum atomic E-state index is 12.8. The lowest BCUT2D eigenvalue weighted by Crippen LogP contribution is -2.19. The standard InChI is InChI=1S/C23H21N3O3/c1-28-20-10-6-17(7-11-20)21(26-14-2-3-15-26)16-23(27)25-19-8-4-18(5-9-19)22-12-13-24-29-22/h2-15,21H,16H2,1H3,(H,25,27). The molecule has 0 saturated heterocycles. The van der Waals surface area contributed by atoms with Crippen LogP contribution < -0.4 is 10.1 Å². The summed E-state index contributed by atoms with van der Waals surface area (Å²) in [6.07, 6.45) is 5.85. The summed E-state index contributed by atoms with van der Waals surface area (Å²) in [5.74, 6) is 1.42. The second-order valence-electron chi connectivity index (χ2n) is 6.63. The smallest absolute Gasteiger partial charge is 0.226 e. The fourth-order valence-electron chi connectivity index (χ4n) is 3.25. The van der Waals surface area contributed by atoms with Crippen molar-refractivity contribution in [2.75, 3.05) is 12.4 Å². The third-order valence-corrected chi connectivity index (χ3v) is 4.76. The molecule has 2 aromatic heterocycles. The van der Waals surface area contributed by atoms with Crippen molar-refractivity contribution in [3.63, 3.8) is 0 Å². The van der Waals surface area contributed by atoms with Crippen LogP contribution >= 0.6 is 0 Å². The van der Waals surface area contributed by atoms with Gasteiger partial charge in [-0.2, -0.15) is 0 Å². The zero-order valence-corrected chi connectivity index (χ0v) is 16.0. The van der Waals surface area contributed by atoms with Gasteiger partial charge in [0.05, 0.1) is 25.8 Å². The quantitative estimate of drug-likeness (QED) is 0.496. The van der Waals surface area contributed by atoms with Gasteiger partial charge < -0.3 is 19.1 Å². The van der Waals surface area contributed by atoms with Gasteiger partial charge in [0.1, 0.15) is 5.75 Å². The summed E-state index contributed by atoms with van der Waals surface area (Å²) in [5.41, 5.74) is 2.68. The Bertz CT molecular complexity index is 1040. The number of nitrogens with zero attached hydrogens (tertiary/aromatic N) is 2. The number of amides is 1. The van der Waals surface area contributed by atoms with E-state index < -0.39 is 0 Å². The first-order valence-electron chi connectivity index (χ1n) is 9.30. The summed E-state index contributed by atoms with van der Waals surface area (Å²) < 4.78 is 12.4. The maximum Gasteiger partial charge on any atom is 0.226 e. The molecule has 0 saturated carbocycles. The molecule has 6 heteroatoms. The molecule has 2 heterocycles. The monoisotopic (exact) mass is 387 g/mol. The van der Waals surface area contributed by atoms with Gasteiger partial charge in [-0.25, -0.2) is 0 Å². The van der Waals surface area contributed by atoms with Gasteiger partial charge in [-0.05, 0) is 54.1 Å². The molecule has 0 aliphatic carbocycles. The topological polar surface area (TPSA) is 69.3 Å². The molecule has 4 aromatic rings. The molecule has 0 aliphatic heterocycles. The van der Waals surface area contributed by atoms with E-state index >= 15 is 0 Å². The van der Waals surface area contributed by atoms with E-state index in [1.54, 1.807) is 19.4 Å². The molecular weight excluding hydrogens is 366 g/mol. The molecular formula is C23H21N3O3. The molecule has 0 bridgehead atoms. The Morgan fingerprint density at radius 1 is 1.07 bits per heavy atom. The van der Waals surface area contributed by atoms with Gasteiger partial charge in [0.25, 0.3) is 0 Å². The molecule has 0 radical (unpaired) electrons. The Kier molecular flexibility index (Phi) is 5.42. The zero-order valence-electron chi connectivity index (χ0n) is 16.0. The number of aromatic nitrogens is 2. The number of carbonyl (C=O) groups excluding carboxylic acids is 1. The Labute approximate surface area is 168 Å². The Hall–Kier alpha value is -3.80. The molecule has 2 aromatic carbocycles. The number of ether oxygens (including phenoxy) is 1. The molecule has 29 heavy (non-hydrogen) atoms. The van der Waals surface area contributed by atoms with Gasteiger partial charge in [-0.3, -0.25) is 4.79 Å². The fraction of sp³-hybridized carbons (Fsp3) is 0.130. The summed E-state index contributed by atoms with van der Waals surface area (Å²) in [4.78, 5) is 12.8. The van der Waals surface area contributed by atoms with Crippen molar-refractivity contribution in [2.45, 2.75) is 12.5 Å². The normalized spacial score (nSPS) is 11.8. The van der Waals surface area contributed by atoms with Crippen LogP contribution in [0.15, 0.2) is 89.8 Å². The van der Waals surface area contributed by atoms with E-state index in [1.165, 1.54) is 0 Å². The summed E-state index contributed by atoms with van der Waals surface area (Å²) in [6, 6.07) is 20.9. The molecule has 4 rings (SSSR count). The van der Waals surface area contributed by atoms with Gasteiger partial charge in [-0.15, -0.1) is 0 Å². The lowest BCUT2D eigenvalue weighted by Gasteiger charge is -2.20. The van der Waals surface area contributed by atoms with Crippen LogP contribution in [0.5, 0.6) is 5.75 Å². The Balaban J connectivity index is 1.48. The Morgan fingerprint density at radius 3 is 2.41 bits per heavy atom. The summed E-state index contributed by atoms with van der Waals surface area (Å²) in [6.45, 7) is 0. The third kappa shape index (κ3) is 4.38. The number of benzene rings is 2. The van der Waals surface area contributed by atoms with Crippen molar-refractivity contribution in [3.8, 4) is 17.1 Å². The highest BCUT2D eigenvalue weighted by Crippen LogP contribution is 2.26. The fourth-order valence-corrected chi connectivity index (χ4v) is 3.25. The average Bonchev–Trinajstić information content (AvgIpc) is 3.47. The van der Waals surface area contributed by atoms with E-state index in [4.69, 9.17) is 9.26 Å². The highest BCUT2D eigenvalue weighted by atomic mass is 16.5. The number of anilines is 1. The van der Waals surface area contributed by atoms with Crippen molar-refractivity contribution in [1.29, 1.82) is 0 Å². The minimum absolute atomic E-state index is 0.0630. The summed E-state index contributed by atoms with van der Waals surface area (Å²) >= 11 is 0. The average molecular weight is 387 g/mol. The zero-order chi connectivity index (χ0) is 20.1. The first-order valence-corrected chi connectivity index (χ1v) is 9.30. The predicted molar refractivity (Wildman–Crippen MR) is 111 cm³/mol. The number of hydrogen-bond donors (Lipinski definition) is 1. The number of hydrogen-bond acceptors (Lipinski definition) is 4. The van der Waals surface area contributed by atoms with Crippen LogP contribution in [0, 0.1) is 0 Å². The lowest BCUT2D eigenvalue weighted by atomic mass is 10.0. The van der Waals surface area contributed by atoms with Crippen LogP contribution in [0.4, 0.5) is 5.69 Å². The molecule has 1 amide bonds. The van der Waals surface area contributed by atoms with Crippen LogP contribution in [0.2, 0.25) is 0 Å². The van der Waals surface area contributed by atoms with Crippen LogP contribution in [0.3, 0.4) is 0 Å². The molecule has 0 fully saturated rings. The van der Waals surface area contributed by atoms with Crippen molar-refractivity contribution in [1.82, 2.24) is 9.72 Å². The number of carbonyl (C=O) groups is 1. The second kappa shape index (κ2) is 8.48. The molecule has 0 spiro atoms. The van der Waals surface area contributed by atoms with Crippen molar-refractivity contribution in [3.05, 3.63) is 90.9 Å². The minimum atomic E-state index is -0.107. The highest BCUT2D eigenvalue weighted by Gasteiger charge is 2.18. The molecule has 1 N–H and O–H groups in total. The van der Waals surface area contributed by atoms with Crippen LogP contribution in [-0.4, -0.2) is 22.7 Å². The van der Waals surface area contributed by atoms with Crippen molar-refractivity contribution in [2.24, 2.45) is 0 Å². The van der Waals surface area contributed by atoms with E-state index in [0.717, 1.165) is 22.6 Å². The lowest BCUT2D eigenvalue weighted by molar-refractivity contribution is -0.116. The van der Waals surface area contributed by atoms with E-state index in [-0.39, 0.29) is 11.9 Å². The SMILES string of the molecule is COc1ccc(C(CC(=O)Nc2ccc(-c3ccno3)cc2)n2cccc2)cc1. The number of rotatable bonds is 7. The molecule has 0 aliphatic rings. The number of nitrogens with one attached hydrogen (secondary N) is 1. The largest absolute Gasteiger partial charge is 0.497 e. The Morgan fingerprint density at radius 2 is 1.79 bits per heavy atom. The second-order valence-corrected chi connectivity index (χ2v) is 6.63. The van der Waals surface area contributed by atoms with E-state index in [2.05, 4.69) is 10.5 Å². The van der Waals surface area contributed by atoms with Gasteiger partial charge in [0.15, 0.2) is 5.76 Å². The summed E-state index contributed by atoms with van der Waals surface area (Å²) in [5, 5.41) is 6.69.